The maximum absolute atomic E-state index is 8.96. The standard InChI is InChI=1S/C13H14N2O/c16-8-13-14-7-12(15-13)11-5-4-9-2-1-3-10(9)6-11/h4-7,16H,1-3,8H2,(H,14,15). The minimum Gasteiger partial charge on any atom is -0.388 e. The van der Waals surface area contributed by atoms with E-state index in [2.05, 4.69) is 28.2 Å². The second-order valence-corrected chi connectivity index (χ2v) is 4.24. The van der Waals surface area contributed by atoms with Gasteiger partial charge in [0, 0.05) is 0 Å². The van der Waals surface area contributed by atoms with Gasteiger partial charge in [-0.2, -0.15) is 0 Å². The molecule has 16 heavy (non-hydrogen) atoms. The largest absolute Gasteiger partial charge is 0.388 e. The Kier molecular flexibility index (Phi) is 2.26. The molecule has 0 saturated heterocycles. The van der Waals surface area contributed by atoms with Crippen molar-refractivity contribution in [3.8, 4) is 11.3 Å². The molecule has 0 spiro atoms. The van der Waals surface area contributed by atoms with Gasteiger partial charge in [0.25, 0.3) is 0 Å². The van der Waals surface area contributed by atoms with Crippen molar-refractivity contribution in [1.82, 2.24) is 9.97 Å². The predicted octanol–water partition coefficient (Wildman–Crippen LogP) is 2.06. The number of H-pyrrole nitrogens is 1. The first-order chi connectivity index (χ1) is 7.86. The van der Waals surface area contributed by atoms with Crippen LogP contribution in [0.2, 0.25) is 0 Å². The van der Waals surface area contributed by atoms with Crippen LogP contribution in [0.4, 0.5) is 0 Å². The molecule has 2 N–H and O–H groups in total. The molecule has 82 valence electrons. The first-order valence-electron chi connectivity index (χ1n) is 5.64. The molecule has 0 aliphatic heterocycles. The Morgan fingerprint density at radius 1 is 1.25 bits per heavy atom. The number of aromatic nitrogens is 2. The number of benzene rings is 1. The van der Waals surface area contributed by atoms with E-state index in [9.17, 15) is 0 Å². The summed E-state index contributed by atoms with van der Waals surface area (Å²) in [5, 5.41) is 8.96. The molecule has 0 atom stereocenters. The monoisotopic (exact) mass is 214 g/mol. The minimum atomic E-state index is -0.0368. The Hall–Kier alpha value is -1.61. The molecule has 0 radical (unpaired) electrons. The number of nitrogens with zero attached hydrogens (tertiary/aromatic N) is 1. The van der Waals surface area contributed by atoms with Crippen LogP contribution in [-0.4, -0.2) is 15.1 Å². The van der Waals surface area contributed by atoms with Crippen LogP contribution in [0.5, 0.6) is 0 Å². The van der Waals surface area contributed by atoms with Gasteiger partial charge in [-0.25, -0.2) is 4.98 Å². The summed E-state index contributed by atoms with van der Waals surface area (Å²) in [6.45, 7) is -0.0368. The van der Waals surface area contributed by atoms with E-state index in [1.165, 1.54) is 30.4 Å². The lowest BCUT2D eigenvalue weighted by atomic mass is 10.1. The summed E-state index contributed by atoms with van der Waals surface area (Å²) in [4.78, 5) is 7.21. The van der Waals surface area contributed by atoms with E-state index in [1.54, 1.807) is 6.20 Å². The van der Waals surface area contributed by atoms with Crippen molar-refractivity contribution in [3.63, 3.8) is 0 Å². The molecular weight excluding hydrogens is 200 g/mol. The maximum Gasteiger partial charge on any atom is 0.132 e. The summed E-state index contributed by atoms with van der Waals surface area (Å²) in [6.07, 6.45) is 5.44. The van der Waals surface area contributed by atoms with Gasteiger partial charge in [0.15, 0.2) is 0 Å². The predicted molar refractivity (Wildman–Crippen MR) is 62.0 cm³/mol. The number of nitrogens with one attached hydrogen (secondary N) is 1. The number of imidazole rings is 1. The highest BCUT2D eigenvalue weighted by Gasteiger charge is 2.12. The summed E-state index contributed by atoms with van der Waals surface area (Å²) in [5.74, 6) is 0.621. The number of hydrogen-bond donors (Lipinski definition) is 2. The third kappa shape index (κ3) is 1.53. The summed E-state index contributed by atoms with van der Waals surface area (Å²) in [7, 11) is 0. The number of aliphatic hydroxyl groups is 1. The van der Waals surface area contributed by atoms with Crippen molar-refractivity contribution in [2.75, 3.05) is 0 Å². The Labute approximate surface area is 94.2 Å². The van der Waals surface area contributed by atoms with Crippen LogP contribution in [0.25, 0.3) is 11.3 Å². The topological polar surface area (TPSA) is 48.9 Å². The molecule has 3 heteroatoms. The van der Waals surface area contributed by atoms with E-state index in [0.717, 1.165) is 11.3 Å². The van der Waals surface area contributed by atoms with E-state index < -0.39 is 0 Å². The van der Waals surface area contributed by atoms with Gasteiger partial charge in [-0.3, -0.25) is 0 Å². The quantitative estimate of drug-likeness (QED) is 0.803. The number of hydrogen-bond acceptors (Lipinski definition) is 2. The van der Waals surface area contributed by atoms with Crippen molar-refractivity contribution in [2.45, 2.75) is 25.9 Å². The van der Waals surface area contributed by atoms with Crippen molar-refractivity contribution < 1.29 is 5.11 Å². The molecule has 0 bridgehead atoms. The summed E-state index contributed by atoms with van der Waals surface area (Å²) < 4.78 is 0. The number of aliphatic hydroxyl groups excluding tert-OH is 1. The highest BCUT2D eigenvalue weighted by Crippen LogP contribution is 2.27. The SMILES string of the molecule is OCc1ncc(-c2ccc3c(c2)CCC3)[nH]1. The van der Waals surface area contributed by atoms with Gasteiger partial charge in [0.1, 0.15) is 12.4 Å². The van der Waals surface area contributed by atoms with Gasteiger partial charge < -0.3 is 10.1 Å². The first kappa shape index (κ1) is 9.60. The molecule has 0 unspecified atom stereocenters. The van der Waals surface area contributed by atoms with Crippen LogP contribution < -0.4 is 0 Å². The fourth-order valence-electron chi connectivity index (χ4n) is 2.33. The highest BCUT2D eigenvalue weighted by molar-refractivity contribution is 5.61. The number of aromatic amines is 1. The molecule has 3 rings (SSSR count). The highest BCUT2D eigenvalue weighted by atomic mass is 16.3. The zero-order valence-corrected chi connectivity index (χ0v) is 9.03. The molecule has 0 fully saturated rings. The zero-order valence-electron chi connectivity index (χ0n) is 9.03. The van der Waals surface area contributed by atoms with Gasteiger partial charge in [-0.1, -0.05) is 12.1 Å². The fraction of sp³-hybridized carbons (Fsp3) is 0.308. The van der Waals surface area contributed by atoms with E-state index in [4.69, 9.17) is 5.11 Å². The van der Waals surface area contributed by atoms with E-state index in [-0.39, 0.29) is 6.61 Å². The average molecular weight is 214 g/mol. The molecule has 1 heterocycles. The molecule has 0 amide bonds. The van der Waals surface area contributed by atoms with Crippen molar-refractivity contribution >= 4 is 0 Å². The number of aryl methyl sites for hydroxylation is 2. The Morgan fingerprint density at radius 2 is 2.12 bits per heavy atom. The Bertz CT molecular complexity index is 516. The molecule has 1 aromatic carbocycles. The van der Waals surface area contributed by atoms with E-state index in [1.807, 2.05) is 0 Å². The lowest BCUT2D eigenvalue weighted by Gasteiger charge is -2.02. The maximum atomic E-state index is 8.96. The third-order valence-corrected chi connectivity index (χ3v) is 3.19. The molecule has 3 nitrogen and oxygen atoms in total. The van der Waals surface area contributed by atoms with Crippen LogP contribution in [0.15, 0.2) is 24.4 Å². The molecule has 2 aromatic rings. The van der Waals surface area contributed by atoms with Crippen LogP contribution in [0.1, 0.15) is 23.4 Å². The average Bonchev–Trinajstić information content (AvgIpc) is 2.96. The van der Waals surface area contributed by atoms with Crippen LogP contribution in [-0.2, 0) is 19.4 Å². The zero-order chi connectivity index (χ0) is 11.0. The molecule has 1 aliphatic carbocycles. The molecule has 1 aliphatic rings. The molecule has 1 aromatic heterocycles. The van der Waals surface area contributed by atoms with Crippen molar-refractivity contribution in [2.24, 2.45) is 0 Å². The van der Waals surface area contributed by atoms with Crippen molar-refractivity contribution in [1.29, 1.82) is 0 Å². The van der Waals surface area contributed by atoms with Crippen LogP contribution >= 0.6 is 0 Å². The Morgan fingerprint density at radius 3 is 2.94 bits per heavy atom. The molecular formula is C13H14N2O. The van der Waals surface area contributed by atoms with E-state index >= 15 is 0 Å². The van der Waals surface area contributed by atoms with Gasteiger partial charge in [-0.15, -0.1) is 0 Å². The minimum absolute atomic E-state index is 0.0368. The van der Waals surface area contributed by atoms with E-state index in [0.29, 0.717) is 5.82 Å². The smallest absolute Gasteiger partial charge is 0.132 e. The van der Waals surface area contributed by atoms with Gasteiger partial charge in [-0.05, 0) is 42.0 Å². The lowest BCUT2D eigenvalue weighted by molar-refractivity contribution is 0.272. The lowest BCUT2D eigenvalue weighted by Crippen LogP contribution is -1.86. The molecule has 0 saturated carbocycles. The summed E-state index contributed by atoms with van der Waals surface area (Å²) in [5.41, 5.74) is 5.08. The number of rotatable bonds is 2. The summed E-state index contributed by atoms with van der Waals surface area (Å²) in [6, 6.07) is 6.56. The fourth-order valence-corrected chi connectivity index (χ4v) is 2.33. The summed E-state index contributed by atoms with van der Waals surface area (Å²) >= 11 is 0. The normalized spacial score (nSPS) is 14.1. The first-order valence-corrected chi connectivity index (χ1v) is 5.64. The van der Waals surface area contributed by atoms with Gasteiger partial charge >= 0.3 is 0 Å². The van der Waals surface area contributed by atoms with Crippen LogP contribution in [0.3, 0.4) is 0 Å². The van der Waals surface area contributed by atoms with Crippen molar-refractivity contribution in [3.05, 3.63) is 41.3 Å². The van der Waals surface area contributed by atoms with Gasteiger partial charge in [0.2, 0.25) is 0 Å². The van der Waals surface area contributed by atoms with Crippen LogP contribution in [0, 0.1) is 0 Å². The number of fused-ring (bicyclic) bond motifs is 1. The second kappa shape index (κ2) is 3.76. The Balaban J connectivity index is 2.00. The second-order valence-electron chi connectivity index (χ2n) is 4.24. The van der Waals surface area contributed by atoms with Gasteiger partial charge in [0.05, 0.1) is 11.9 Å². The third-order valence-electron chi connectivity index (χ3n) is 3.19.